The molecule has 4 atom stereocenters. The molecule has 0 bridgehead atoms. The number of Topliss-reactive ketones (excluding diaryl/α,β-unsaturated/α-hetero) is 2. The van der Waals surface area contributed by atoms with Crippen molar-refractivity contribution in [2.75, 3.05) is 0 Å². The highest BCUT2D eigenvalue weighted by molar-refractivity contribution is 5.84. The zero-order valence-electron chi connectivity index (χ0n) is 16.9. The average molecular weight is 367 g/mol. The van der Waals surface area contributed by atoms with Gasteiger partial charge < -0.3 is 15.0 Å². The smallest absolute Gasteiger partial charge is 0.139 e. The molecular formula is C22H38O4. The SMILES string of the molecule is CCCC[C@@](C)(O)C/C=C/[C@H]1[C@H](O)CC(=O)[C@@H]1CCCCCCC(C)=O. The van der Waals surface area contributed by atoms with Crippen LogP contribution in [0.3, 0.4) is 0 Å². The molecular weight excluding hydrogens is 328 g/mol. The highest BCUT2D eigenvalue weighted by Crippen LogP contribution is 2.34. The summed E-state index contributed by atoms with van der Waals surface area (Å²) in [5.41, 5.74) is -0.716. The van der Waals surface area contributed by atoms with Crippen molar-refractivity contribution in [2.24, 2.45) is 11.8 Å². The van der Waals surface area contributed by atoms with E-state index in [1.807, 2.05) is 19.1 Å². The van der Waals surface area contributed by atoms with E-state index in [2.05, 4.69) is 6.92 Å². The van der Waals surface area contributed by atoms with Crippen molar-refractivity contribution in [1.29, 1.82) is 0 Å². The van der Waals surface area contributed by atoms with Crippen LogP contribution in [-0.4, -0.2) is 33.5 Å². The summed E-state index contributed by atoms with van der Waals surface area (Å²) in [4.78, 5) is 23.2. The number of carbonyl (C=O) groups excluding carboxylic acids is 2. The van der Waals surface area contributed by atoms with Gasteiger partial charge in [-0.05, 0) is 39.5 Å². The molecule has 0 spiro atoms. The summed E-state index contributed by atoms with van der Waals surface area (Å²) < 4.78 is 0. The highest BCUT2D eigenvalue weighted by Gasteiger charge is 2.39. The Kier molecular flexibility index (Phi) is 10.3. The monoisotopic (exact) mass is 366 g/mol. The molecule has 4 nitrogen and oxygen atoms in total. The lowest BCUT2D eigenvalue weighted by molar-refractivity contribution is -0.121. The van der Waals surface area contributed by atoms with Gasteiger partial charge in [0.15, 0.2) is 0 Å². The first-order valence-corrected chi connectivity index (χ1v) is 10.4. The quantitative estimate of drug-likeness (QED) is 0.375. The van der Waals surface area contributed by atoms with Crippen LogP contribution in [0.1, 0.15) is 91.4 Å². The summed E-state index contributed by atoms with van der Waals surface area (Å²) in [7, 11) is 0. The van der Waals surface area contributed by atoms with E-state index in [0.717, 1.165) is 51.4 Å². The Hall–Kier alpha value is -1.00. The predicted octanol–water partition coefficient (Wildman–Crippen LogP) is 4.37. The summed E-state index contributed by atoms with van der Waals surface area (Å²) in [6.45, 7) is 5.58. The van der Waals surface area contributed by atoms with Crippen LogP contribution in [0.25, 0.3) is 0 Å². The van der Waals surface area contributed by atoms with Crippen molar-refractivity contribution in [2.45, 2.75) is 103 Å². The van der Waals surface area contributed by atoms with Gasteiger partial charge in [-0.25, -0.2) is 0 Å². The lowest BCUT2D eigenvalue weighted by atomic mass is 9.87. The van der Waals surface area contributed by atoms with Crippen molar-refractivity contribution in [3.05, 3.63) is 12.2 Å². The number of hydrogen-bond acceptors (Lipinski definition) is 4. The molecule has 0 heterocycles. The van der Waals surface area contributed by atoms with Crippen LogP contribution in [0.15, 0.2) is 12.2 Å². The zero-order valence-corrected chi connectivity index (χ0v) is 16.9. The number of hydrogen-bond donors (Lipinski definition) is 2. The van der Waals surface area contributed by atoms with Crippen LogP contribution in [0.2, 0.25) is 0 Å². The fourth-order valence-corrected chi connectivity index (χ4v) is 3.82. The Morgan fingerprint density at radius 1 is 1.23 bits per heavy atom. The van der Waals surface area contributed by atoms with E-state index in [9.17, 15) is 19.8 Å². The summed E-state index contributed by atoms with van der Waals surface area (Å²) in [6, 6.07) is 0. The van der Waals surface area contributed by atoms with Gasteiger partial charge in [-0.1, -0.05) is 51.2 Å². The topological polar surface area (TPSA) is 74.6 Å². The third kappa shape index (κ3) is 8.59. The minimum absolute atomic E-state index is 0.102. The predicted molar refractivity (Wildman–Crippen MR) is 105 cm³/mol. The number of aliphatic hydroxyl groups is 2. The largest absolute Gasteiger partial charge is 0.392 e. The average Bonchev–Trinajstić information content (AvgIpc) is 2.82. The Balaban J connectivity index is 2.44. The molecule has 0 aromatic heterocycles. The molecule has 0 amide bonds. The molecule has 0 unspecified atom stereocenters. The molecule has 0 aliphatic heterocycles. The van der Waals surface area contributed by atoms with E-state index in [-0.39, 0.29) is 29.8 Å². The van der Waals surface area contributed by atoms with Gasteiger partial charge in [-0.15, -0.1) is 0 Å². The molecule has 1 rings (SSSR count). The van der Waals surface area contributed by atoms with Crippen LogP contribution in [-0.2, 0) is 9.59 Å². The summed E-state index contributed by atoms with van der Waals surface area (Å²) >= 11 is 0. The first-order chi connectivity index (χ1) is 12.3. The Morgan fingerprint density at radius 3 is 2.58 bits per heavy atom. The van der Waals surface area contributed by atoms with Crippen LogP contribution < -0.4 is 0 Å². The lowest BCUT2D eigenvalue weighted by Crippen LogP contribution is -2.23. The van der Waals surface area contributed by atoms with E-state index in [4.69, 9.17) is 0 Å². The summed E-state index contributed by atoms with van der Waals surface area (Å²) in [5.74, 6) is 0.170. The van der Waals surface area contributed by atoms with E-state index >= 15 is 0 Å². The van der Waals surface area contributed by atoms with Gasteiger partial charge in [0, 0.05) is 24.7 Å². The molecule has 4 heteroatoms. The van der Waals surface area contributed by atoms with Gasteiger partial charge in [0.2, 0.25) is 0 Å². The van der Waals surface area contributed by atoms with Crippen LogP contribution in [0.4, 0.5) is 0 Å². The summed E-state index contributed by atoms with van der Waals surface area (Å²) in [6.07, 6.45) is 12.3. The van der Waals surface area contributed by atoms with Gasteiger partial charge in [-0.3, -0.25) is 4.79 Å². The number of rotatable bonds is 13. The van der Waals surface area contributed by atoms with Gasteiger partial charge in [0.25, 0.3) is 0 Å². The van der Waals surface area contributed by atoms with Crippen molar-refractivity contribution < 1.29 is 19.8 Å². The highest BCUT2D eigenvalue weighted by atomic mass is 16.3. The van der Waals surface area contributed by atoms with Crippen molar-refractivity contribution in [3.63, 3.8) is 0 Å². The molecule has 1 aliphatic rings. The Bertz CT molecular complexity index is 467. The molecule has 0 aromatic carbocycles. The molecule has 1 aliphatic carbocycles. The van der Waals surface area contributed by atoms with E-state index in [1.54, 1.807) is 6.92 Å². The third-order valence-electron chi connectivity index (χ3n) is 5.51. The fourth-order valence-electron chi connectivity index (χ4n) is 3.82. The van der Waals surface area contributed by atoms with Gasteiger partial charge in [0.1, 0.15) is 11.6 Å². The minimum Gasteiger partial charge on any atom is -0.392 e. The van der Waals surface area contributed by atoms with Crippen molar-refractivity contribution in [3.8, 4) is 0 Å². The van der Waals surface area contributed by atoms with E-state index in [0.29, 0.717) is 12.8 Å². The number of carbonyl (C=O) groups is 2. The van der Waals surface area contributed by atoms with Crippen LogP contribution in [0.5, 0.6) is 0 Å². The second-order valence-electron chi connectivity index (χ2n) is 8.31. The van der Waals surface area contributed by atoms with Gasteiger partial charge >= 0.3 is 0 Å². The van der Waals surface area contributed by atoms with E-state index in [1.165, 1.54) is 0 Å². The molecule has 2 N–H and O–H groups in total. The normalized spacial score (nSPS) is 25.7. The lowest BCUT2D eigenvalue weighted by Gasteiger charge is -2.22. The molecule has 0 aromatic rings. The maximum absolute atomic E-state index is 12.2. The minimum atomic E-state index is -0.716. The maximum atomic E-state index is 12.2. The molecule has 0 radical (unpaired) electrons. The van der Waals surface area contributed by atoms with Crippen LogP contribution in [0, 0.1) is 11.8 Å². The standard InChI is InChI=1S/C22H38O4/c1-4-5-14-22(3,26)15-10-13-19-18(20(24)16-21(19)25)12-9-7-6-8-11-17(2)23/h10,13,18-19,21,25-26H,4-9,11-12,14-16H2,1-3H3/b13-10+/t18-,19-,21-,22-/m1/s1. The molecule has 0 saturated heterocycles. The van der Waals surface area contributed by atoms with Crippen molar-refractivity contribution >= 4 is 11.6 Å². The fraction of sp³-hybridized carbons (Fsp3) is 0.818. The molecule has 1 fully saturated rings. The van der Waals surface area contributed by atoms with Crippen molar-refractivity contribution in [1.82, 2.24) is 0 Å². The second-order valence-corrected chi connectivity index (χ2v) is 8.31. The van der Waals surface area contributed by atoms with Crippen LogP contribution >= 0.6 is 0 Å². The number of unbranched alkanes of at least 4 members (excludes halogenated alkanes) is 4. The van der Waals surface area contributed by atoms with E-state index < -0.39 is 11.7 Å². The number of aliphatic hydroxyl groups excluding tert-OH is 1. The molecule has 1 saturated carbocycles. The first-order valence-electron chi connectivity index (χ1n) is 10.4. The molecule has 150 valence electrons. The maximum Gasteiger partial charge on any atom is 0.139 e. The molecule has 26 heavy (non-hydrogen) atoms. The third-order valence-corrected chi connectivity index (χ3v) is 5.51. The zero-order chi connectivity index (χ0) is 19.6. The Morgan fingerprint density at radius 2 is 1.92 bits per heavy atom. The van der Waals surface area contributed by atoms with Gasteiger partial charge in [-0.2, -0.15) is 0 Å². The summed E-state index contributed by atoms with van der Waals surface area (Å²) in [5, 5.41) is 20.6. The van der Waals surface area contributed by atoms with Gasteiger partial charge in [0.05, 0.1) is 11.7 Å². The Labute approximate surface area is 159 Å². The number of ketones is 2. The second kappa shape index (κ2) is 11.7. The first kappa shape index (κ1) is 23.0.